The fourth-order valence-electron chi connectivity index (χ4n) is 1.68. The molecule has 16 heavy (non-hydrogen) atoms. The third-order valence-corrected chi connectivity index (χ3v) is 2.83. The molecule has 0 bridgehead atoms. The summed E-state index contributed by atoms with van der Waals surface area (Å²) in [4.78, 5) is 0. The standard InChI is InChI=1S/C16H20/c1-6-12(3)10-15-9-8-14(5)16(11-15)13(4)7-2/h6,8-9,11H,1,3-4,7,10H2,2,5H3. The molecule has 0 atom stereocenters. The Bertz CT molecular complexity index is 422. The minimum atomic E-state index is 0.869. The molecule has 0 aliphatic rings. The zero-order valence-electron chi connectivity index (χ0n) is 10.3. The van der Waals surface area contributed by atoms with Crippen molar-refractivity contribution in [1.82, 2.24) is 0 Å². The van der Waals surface area contributed by atoms with E-state index in [9.17, 15) is 0 Å². The lowest BCUT2D eigenvalue weighted by Gasteiger charge is -2.10. The van der Waals surface area contributed by atoms with Crippen LogP contribution < -0.4 is 0 Å². The summed E-state index contributed by atoms with van der Waals surface area (Å²) in [5, 5.41) is 0. The van der Waals surface area contributed by atoms with Gasteiger partial charge in [-0.25, -0.2) is 0 Å². The molecular formula is C16H20. The van der Waals surface area contributed by atoms with Gasteiger partial charge < -0.3 is 0 Å². The second-order valence-corrected chi connectivity index (χ2v) is 4.15. The van der Waals surface area contributed by atoms with Gasteiger partial charge in [0, 0.05) is 0 Å². The normalized spacial score (nSPS) is 9.88. The van der Waals surface area contributed by atoms with E-state index in [4.69, 9.17) is 0 Å². The van der Waals surface area contributed by atoms with E-state index >= 15 is 0 Å². The Morgan fingerprint density at radius 3 is 2.56 bits per heavy atom. The van der Waals surface area contributed by atoms with E-state index in [1.165, 1.54) is 22.3 Å². The molecule has 0 aliphatic carbocycles. The number of hydrogen-bond acceptors (Lipinski definition) is 0. The van der Waals surface area contributed by atoms with Crippen LogP contribution in [0.4, 0.5) is 0 Å². The van der Waals surface area contributed by atoms with Gasteiger partial charge in [-0.05, 0) is 42.0 Å². The lowest BCUT2D eigenvalue weighted by atomic mass is 9.95. The maximum Gasteiger partial charge on any atom is -0.00316 e. The average Bonchev–Trinajstić information content (AvgIpc) is 2.30. The minimum Gasteiger partial charge on any atom is -0.0988 e. The summed E-state index contributed by atoms with van der Waals surface area (Å²) in [5.41, 5.74) is 6.09. The van der Waals surface area contributed by atoms with Gasteiger partial charge in [0.2, 0.25) is 0 Å². The molecule has 0 fully saturated rings. The third-order valence-electron chi connectivity index (χ3n) is 2.83. The summed E-state index contributed by atoms with van der Waals surface area (Å²) in [5.74, 6) is 0. The highest BCUT2D eigenvalue weighted by molar-refractivity contribution is 5.66. The second kappa shape index (κ2) is 5.50. The summed E-state index contributed by atoms with van der Waals surface area (Å²) in [7, 11) is 0. The molecule has 0 saturated heterocycles. The van der Waals surface area contributed by atoms with Crippen molar-refractivity contribution in [3.05, 3.63) is 66.3 Å². The van der Waals surface area contributed by atoms with Crippen molar-refractivity contribution < 1.29 is 0 Å². The van der Waals surface area contributed by atoms with Crippen molar-refractivity contribution >= 4 is 5.57 Å². The zero-order valence-corrected chi connectivity index (χ0v) is 10.3. The van der Waals surface area contributed by atoms with Gasteiger partial charge >= 0.3 is 0 Å². The van der Waals surface area contributed by atoms with Crippen LogP contribution in [0.2, 0.25) is 0 Å². The minimum absolute atomic E-state index is 0.869. The van der Waals surface area contributed by atoms with Crippen molar-refractivity contribution in [2.45, 2.75) is 26.7 Å². The first-order valence-electron chi connectivity index (χ1n) is 5.66. The molecule has 0 heteroatoms. The van der Waals surface area contributed by atoms with E-state index in [1.54, 1.807) is 0 Å². The molecule has 1 rings (SSSR count). The first-order chi connectivity index (χ1) is 7.58. The van der Waals surface area contributed by atoms with Crippen LogP contribution in [0.25, 0.3) is 5.57 Å². The molecule has 0 N–H and O–H groups in total. The van der Waals surface area contributed by atoms with Crippen LogP contribution in [0.1, 0.15) is 30.0 Å². The van der Waals surface area contributed by atoms with E-state index in [1.807, 2.05) is 6.08 Å². The van der Waals surface area contributed by atoms with E-state index < -0.39 is 0 Å². The number of hydrogen-bond donors (Lipinski definition) is 0. The first kappa shape index (κ1) is 12.5. The summed E-state index contributed by atoms with van der Waals surface area (Å²) in [6.45, 7) is 16.0. The van der Waals surface area contributed by atoms with Gasteiger partial charge in [0.25, 0.3) is 0 Å². The molecular weight excluding hydrogens is 192 g/mol. The summed E-state index contributed by atoms with van der Waals surface area (Å²) < 4.78 is 0. The number of rotatable bonds is 5. The topological polar surface area (TPSA) is 0 Å². The Kier molecular flexibility index (Phi) is 4.30. The Balaban J connectivity index is 3.02. The molecule has 0 aromatic heterocycles. The van der Waals surface area contributed by atoms with E-state index in [0.717, 1.165) is 18.4 Å². The largest absolute Gasteiger partial charge is 0.0988 e. The third kappa shape index (κ3) is 2.96. The van der Waals surface area contributed by atoms with Crippen molar-refractivity contribution in [1.29, 1.82) is 0 Å². The second-order valence-electron chi connectivity index (χ2n) is 4.15. The molecule has 0 heterocycles. The van der Waals surface area contributed by atoms with Crippen molar-refractivity contribution in [3.8, 4) is 0 Å². The highest BCUT2D eigenvalue weighted by Gasteiger charge is 2.03. The van der Waals surface area contributed by atoms with Crippen LogP contribution in [0, 0.1) is 6.92 Å². The molecule has 84 valence electrons. The van der Waals surface area contributed by atoms with Crippen LogP contribution in [-0.4, -0.2) is 0 Å². The summed E-state index contributed by atoms with van der Waals surface area (Å²) in [6.07, 6.45) is 3.68. The lowest BCUT2D eigenvalue weighted by molar-refractivity contribution is 1.17. The number of allylic oxidation sites excluding steroid dienone is 3. The van der Waals surface area contributed by atoms with Gasteiger partial charge in [-0.15, -0.1) is 0 Å². The average molecular weight is 212 g/mol. The van der Waals surface area contributed by atoms with E-state index in [-0.39, 0.29) is 0 Å². The molecule has 0 spiro atoms. The van der Waals surface area contributed by atoms with E-state index in [0.29, 0.717) is 0 Å². The summed E-state index contributed by atoms with van der Waals surface area (Å²) >= 11 is 0. The molecule has 0 unspecified atom stereocenters. The molecule has 0 radical (unpaired) electrons. The van der Waals surface area contributed by atoms with Crippen LogP contribution in [-0.2, 0) is 6.42 Å². The van der Waals surface area contributed by atoms with Crippen molar-refractivity contribution in [3.63, 3.8) is 0 Å². The van der Waals surface area contributed by atoms with Gasteiger partial charge in [-0.2, -0.15) is 0 Å². The number of aryl methyl sites for hydroxylation is 1. The highest BCUT2D eigenvalue weighted by Crippen LogP contribution is 2.22. The fraction of sp³-hybridized carbons (Fsp3) is 0.250. The van der Waals surface area contributed by atoms with Crippen LogP contribution >= 0.6 is 0 Å². The van der Waals surface area contributed by atoms with Gasteiger partial charge in [0.15, 0.2) is 0 Å². The molecule has 0 aliphatic heterocycles. The monoisotopic (exact) mass is 212 g/mol. The van der Waals surface area contributed by atoms with Crippen molar-refractivity contribution in [2.24, 2.45) is 0 Å². The van der Waals surface area contributed by atoms with Crippen LogP contribution in [0.3, 0.4) is 0 Å². The maximum atomic E-state index is 4.10. The fourth-order valence-corrected chi connectivity index (χ4v) is 1.68. The quantitative estimate of drug-likeness (QED) is 0.620. The molecule has 0 saturated carbocycles. The predicted molar refractivity (Wildman–Crippen MR) is 73.5 cm³/mol. The highest BCUT2D eigenvalue weighted by atomic mass is 14.1. The molecule has 0 nitrogen and oxygen atoms in total. The Hall–Kier alpha value is -1.56. The van der Waals surface area contributed by atoms with Gasteiger partial charge in [0.05, 0.1) is 0 Å². The SMILES string of the molecule is C=CC(=C)Cc1ccc(C)c(C(=C)CC)c1. The van der Waals surface area contributed by atoms with Gasteiger partial charge in [0.1, 0.15) is 0 Å². The smallest absolute Gasteiger partial charge is 0.00316 e. The van der Waals surface area contributed by atoms with Crippen molar-refractivity contribution in [2.75, 3.05) is 0 Å². The Morgan fingerprint density at radius 1 is 1.31 bits per heavy atom. The Morgan fingerprint density at radius 2 is 2.00 bits per heavy atom. The first-order valence-corrected chi connectivity index (χ1v) is 5.66. The van der Waals surface area contributed by atoms with Gasteiger partial charge in [-0.3, -0.25) is 0 Å². The number of benzene rings is 1. The van der Waals surface area contributed by atoms with Gasteiger partial charge in [-0.1, -0.05) is 56.5 Å². The molecule has 1 aromatic carbocycles. The molecule has 0 amide bonds. The van der Waals surface area contributed by atoms with Crippen LogP contribution in [0.15, 0.2) is 49.6 Å². The van der Waals surface area contributed by atoms with Crippen LogP contribution in [0.5, 0.6) is 0 Å². The zero-order chi connectivity index (χ0) is 12.1. The predicted octanol–water partition coefficient (Wildman–Crippen LogP) is 4.70. The molecule has 1 aromatic rings. The summed E-state index contributed by atoms with van der Waals surface area (Å²) in [6, 6.07) is 6.52. The Labute approximate surface area is 99.0 Å². The maximum absolute atomic E-state index is 4.10. The van der Waals surface area contributed by atoms with E-state index in [2.05, 4.69) is 51.8 Å². The lowest BCUT2D eigenvalue weighted by Crippen LogP contribution is -1.92.